The van der Waals surface area contributed by atoms with Gasteiger partial charge in [0.2, 0.25) is 5.91 Å². The summed E-state index contributed by atoms with van der Waals surface area (Å²) in [6, 6.07) is 6.67. The molecule has 4 nitrogen and oxygen atoms in total. The monoisotopic (exact) mass is 279 g/mol. The van der Waals surface area contributed by atoms with E-state index < -0.39 is 0 Å². The molecule has 0 spiro atoms. The summed E-state index contributed by atoms with van der Waals surface area (Å²) in [5, 5.41) is 9.35. The molecular weight excluding hydrogens is 257 g/mol. The third-order valence-corrected chi connectivity index (χ3v) is 3.73. The van der Waals surface area contributed by atoms with E-state index in [4.69, 9.17) is 0 Å². The van der Waals surface area contributed by atoms with Gasteiger partial charge >= 0.3 is 0 Å². The van der Waals surface area contributed by atoms with Crippen LogP contribution in [0.4, 0.5) is 4.39 Å². The highest BCUT2D eigenvalue weighted by molar-refractivity contribution is 5.76. The Morgan fingerprint density at radius 1 is 1.40 bits per heavy atom. The minimum Gasteiger partial charge on any atom is -0.351 e. The van der Waals surface area contributed by atoms with Gasteiger partial charge in [-0.25, -0.2) is 4.39 Å². The smallest absolute Gasteiger partial charge is 0.221 e. The van der Waals surface area contributed by atoms with Gasteiger partial charge in [0.05, 0.1) is 0 Å². The molecule has 0 saturated carbocycles. The highest BCUT2D eigenvalue weighted by Gasteiger charge is 2.27. The Hall–Kier alpha value is -1.46. The Bertz CT molecular complexity index is 435. The number of piperidine rings is 1. The van der Waals surface area contributed by atoms with Gasteiger partial charge in [-0.15, -0.1) is 0 Å². The van der Waals surface area contributed by atoms with Crippen LogP contribution in [-0.4, -0.2) is 38.6 Å². The summed E-state index contributed by atoms with van der Waals surface area (Å²) in [6.45, 7) is 2.35. The molecule has 1 aliphatic rings. The first kappa shape index (κ1) is 14.9. The van der Waals surface area contributed by atoms with Crippen LogP contribution in [0.15, 0.2) is 24.3 Å². The van der Waals surface area contributed by atoms with Crippen LogP contribution in [0, 0.1) is 5.82 Å². The average Bonchev–Trinajstić information content (AvgIpc) is 2.47. The van der Waals surface area contributed by atoms with Gasteiger partial charge in [0, 0.05) is 31.5 Å². The molecule has 0 aliphatic carbocycles. The number of nitrogens with one attached hydrogen (secondary N) is 3. The zero-order valence-electron chi connectivity index (χ0n) is 11.8. The van der Waals surface area contributed by atoms with Crippen molar-refractivity contribution in [2.75, 3.05) is 26.7 Å². The van der Waals surface area contributed by atoms with Crippen LogP contribution in [0.1, 0.15) is 24.3 Å². The van der Waals surface area contributed by atoms with Crippen molar-refractivity contribution >= 4 is 5.91 Å². The summed E-state index contributed by atoms with van der Waals surface area (Å²) in [4.78, 5) is 11.9. The van der Waals surface area contributed by atoms with Gasteiger partial charge in [0.15, 0.2) is 0 Å². The fourth-order valence-corrected chi connectivity index (χ4v) is 2.64. The second-order valence-electron chi connectivity index (χ2n) is 5.18. The molecule has 2 rings (SSSR count). The number of carbonyl (C=O) groups is 1. The molecular formula is C15H22FN3O. The summed E-state index contributed by atoms with van der Waals surface area (Å²) < 4.78 is 13.0. The van der Waals surface area contributed by atoms with E-state index in [1.165, 1.54) is 12.1 Å². The molecule has 1 aliphatic heterocycles. The normalized spacial score (nSPS) is 22.5. The molecule has 0 radical (unpaired) electrons. The largest absolute Gasteiger partial charge is 0.351 e. The number of carbonyl (C=O) groups excluding carboxylic acids is 1. The Morgan fingerprint density at radius 3 is 2.85 bits per heavy atom. The lowest BCUT2D eigenvalue weighted by atomic mass is 9.86. The molecule has 3 N–H and O–H groups in total. The third-order valence-electron chi connectivity index (χ3n) is 3.73. The van der Waals surface area contributed by atoms with Gasteiger partial charge in [-0.1, -0.05) is 12.1 Å². The Morgan fingerprint density at radius 2 is 2.15 bits per heavy atom. The summed E-state index contributed by atoms with van der Waals surface area (Å²) in [5.74, 6) is 0.0767. The first-order valence-corrected chi connectivity index (χ1v) is 7.11. The summed E-state index contributed by atoms with van der Waals surface area (Å²) in [7, 11) is 1.83. The van der Waals surface area contributed by atoms with Crippen molar-refractivity contribution in [2.24, 2.45) is 0 Å². The average molecular weight is 279 g/mol. The van der Waals surface area contributed by atoms with E-state index in [2.05, 4.69) is 16.0 Å². The lowest BCUT2D eigenvalue weighted by Gasteiger charge is -2.33. The number of rotatable bonds is 5. The molecule has 1 heterocycles. The lowest BCUT2D eigenvalue weighted by molar-refractivity contribution is -0.121. The summed E-state index contributed by atoms with van der Waals surface area (Å²) in [6.07, 6.45) is 1.42. The predicted octanol–water partition coefficient (Wildman–Crippen LogP) is 0.997. The Labute approximate surface area is 119 Å². The molecule has 20 heavy (non-hydrogen) atoms. The molecule has 0 bridgehead atoms. The van der Waals surface area contributed by atoms with E-state index in [1.54, 1.807) is 0 Å². The van der Waals surface area contributed by atoms with E-state index in [1.807, 2.05) is 19.2 Å². The second kappa shape index (κ2) is 7.36. The van der Waals surface area contributed by atoms with Crippen LogP contribution in [0.3, 0.4) is 0 Å². The van der Waals surface area contributed by atoms with Gasteiger partial charge in [-0.05, 0) is 37.7 Å². The molecule has 1 aromatic rings. The zero-order valence-corrected chi connectivity index (χ0v) is 11.8. The maximum absolute atomic E-state index is 13.0. The topological polar surface area (TPSA) is 53.2 Å². The Kier molecular flexibility index (Phi) is 5.49. The molecule has 1 aromatic carbocycles. The van der Waals surface area contributed by atoms with E-state index in [0.29, 0.717) is 13.0 Å². The summed E-state index contributed by atoms with van der Waals surface area (Å²) >= 11 is 0. The standard InChI is InChI=1S/C15H22FN3O/c1-17-8-7-15(20)19-14-10-18-9-6-13(14)11-2-4-12(16)5-3-11/h2-5,13-14,17-18H,6-10H2,1H3,(H,19,20). The number of hydrogen-bond donors (Lipinski definition) is 3. The number of hydrogen-bond acceptors (Lipinski definition) is 3. The molecule has 1 amide bonds. The molecule has 2 atom stereocenters. The maximum Gasteiger partial charge on any atom is 0.221 e. The van der Waals surface area contributed by atoms with Crippen molar-refractivity contribution in [1.29, 1.82) is 0 Å². The van der Waals surface area contributed by atoms with Crippen LogP contribution in [0.25, 0.3) is 0 Å². The minimum absolute atomic E-state index is 0.0557. The third kappa shape index (κ3) is 4.02. The van der Waals surface area contributed by atoms with Crippen molar-refractivity contribution in [2.45, 2.75) is 24.8 Å². The van der Waals surface area contributed by atoms with Crippen LogP contribution in [0.5, 0.6) is 0 Å². The second-order valence-corrected chi connectivity index (χ2v) is 5.18. The van der Waals surface area contributed by atoms with Crippen molar-refractivity contribution in [3.8, 4) is 0 Å². The van der Waals surface area contributed by atoms with E-state index >= 15 is 0 Å². The SMILES string of the molecule is CNCCC(=O)NC1CNCCC1c1ccc(F)cc1. The fraction of sp³-hybridized carbons (Fsp3) is 0.533. The first-order chi connectivity index (χ1) is 9.70. The molecule has 110 valence electrons. The molecule has 0 aromatic heterocycles. The summed E-state index contributed by atoms with van der Waals surface area (Å²) in [5.41, 5.74) is 1.09. The van der Waals surface area contributed by atoms with E-state index in [9.17, 15) is 9.18 Å². The van der Waals surface area contributed by atoms with Crippen LogP contribution in [-0.2, 0) is 4.79 Å². The van der Waals surface area contributed by atoms with E-state index in [0.717, 1.165) is 25.1 Å². The van der Waals surface area contributed by atoms with Gasteiger partial charge in [0.25, 0.3) is 0 Å². The Balaban J connectivity index is 2.01. The number of halogens is 1. The minimum atomic E-state index is -0.225. The van der Waals surface area contributed by atoms with E-state index in [-0.39, 0.29) is 23.7 Å². The van der Waals surface area contributed by atoms with Crippen molar-refractivity contribution in [1.82, 2.24) is 16.0 Å². The van der Waals surface area contributed by atoms with Crippen LogP contribution >= 0.6 is 0 Å². The molecule has 1 fully saturated rings. The molecule has 1 saturated heterocycles. The zero-order chi connectivity index (χ0) is 14.4. The first-order valence-electron chi connectivity index (χ1n) is 7.11. The van der Waals surface area contributed by atoms with Gasteiger partial charge in [-0.3, -0.25) is 4.79 Å². The van der Waals surface area contributed by atoms with Crippen molar-refractivity contribution in [3.63, 3.8) is 0 Å². The predicted molar refractivity (Wildman–Crippen MR) is 77.1 cm³/mol. The van der Waals surface area contributed by atoms with Gasteiger partial charge in [-0.2, -0.15) is 0 Å². The highest BCUT2D eigenvalue weighted by atomic mass is 19.1. The number of benzene rings is 1. The molecule has 2 unspecified atom stereocenters. The van der Waals surface area contributed by atoms with Crippen LogP contribution in [0.2, 0.25) is 0 Å². The maximum atomic E-state index is 13.0. The quantitative estimate of drug-likeness (QED) is 0.753. The van der Waals surface area contributed by atoms with Gasteiger partial charge < -0.3 is 16.0 Å². The van der Waals surface area contributed by atoms with Crippen LogP contribution < -0.4 is 16.0 Å². The lowest BCUT2D eigenvalue weighted by Crippen LogP contribution is -2.50. The van der Waals surface area contributed by atoms with Gasteiger partial charge in [0.1, 0.15) is 5.82 Å². The van der Waals surface area contributed by atoms with Crippen molar-refractivity contribution in [3.05, 3.63) is 35.6 Å². The fourth-order valence-electron chi connectivity index (χ4n) is 2.64. The number of amides is 1. The molecule has 5 heteroatoms. The highest BCUT2D eigenvalue weighted by Crippen LogP contribution is 2.25. The van der Waals surface area contributed by atoms with Crippen molar-refractivity contribution < 1.29 is 9.18 Å².